The number of hydrogen-bond acceptors (Lipinski definition) is 3. The Kier molecular flexibility index (Phi) is 7.82. The maximum absolute atomic E-state index is 10.6. The highest BCUT2D eigenvalue weighted by atomic mass is 16.5. The number of benzene rings is 1. The van der Waals surface area contributed by atoms with Crippen LogP contribution in [0.1, 0.15) is 57.1 Å². The fourth-order valence-corrected chi connectivity index (χ4v) is 2.73. The summed E-state index contributed by atoms with van der Waals surface area (Å²) in [5.74, 6) is 0. The SMILES string of the molecule is CCCC(O)(CCC)CCc1cccc(COCN)c1. The zero-order valence-corrected chi connectivity index (χ0v) is 12.9. The molecule has 0 heterocycles. The van der Waals surface area contributed by atoms with Crippen LogP contribution in [0.5, 0.6) is 0 Å². The molecule has 0 unspecified atom stereocenters. The second-order valence-corrected chi connectivity index (χ2v) is 5.56. The Labute approximate surface area is 123 Å². The van der Waals surface area contributed by atoms with Crippen LogP contribution in [-0.2, 0) is 17.8 Å². The summed E-state index contributed by atoms with van der Waals surface area (Å²) in [6.07, 6.45) is 5.57. The van der Waals surface area contributed by atoms with Crippen molar-refractivity contribution in [2.75, 3.05) is 6.73 Å². The van der Waals surface area contributed by atoms with Crippen molar-refractivity contribution in [2.45, 2.75) is 64.6 Å². The Bertz CT molecular complexity index is 373. The van der Waals surface area contributed by atoms with E-state index in [2.05, 4.69) is 26.0 Å². The third-order valence-corrected chi connectivity index (χ3v) is 3.69. The third kappa shape index (κ3) is 6.04. The maximum atomic E-state index is 10.6. The number of hydrogen-bond donors (Lipinski definition) is 2. The molecule has 0 aliphatic carbocycles. The molecule has 0 aromatic heterocycles. The Morgan fingerprint density at radius 1 is 1.10 bits per heavy atom. The van der Waals surface area contributed by atoms with Gasteiger partial charge < -0.3 is 15.6 Å². The van der Waals surface area contributed by atoms with Gasteiger partial charge in [0.25, 0.3) is 0 Å². The molecular weight excluding hydrogens is 250 g/mol. The third-order valence-electron chi connectivity index (χ3n) is 3.69. The highest BCUT2D eigenvalue weighted by Crippen LogP contribution is 2.25. The van der Waals surface area contributed by atoms with Crippen molar-refractivity contribution in [1.29, 1.82) is 0 Å². The first kappa shape index (κ1) is 17.2. The summed E-state index contributed by atoms with van der Waals surface area (Å²) in [7, 11) is 0. The van der Waals surface area contributed by atoms with Crippen molar-refractivity contribution in [3.05, 3.63) is 35.4 Å². The number of nitrogens with two attached hydrogens (primary N) is 1. The number of ether oxygens (including phenoxy) is 1. The zero-order chi connectivity index (χ0) is 14.8. The molecule has 1 rings (SSSR count). The average molecular weight is 279 g/mol. The summed E-state index contributed by atoms with van der Waals surface area (Å²) in [5, 5.41) is 10.6. The van der Waals surface area contributed by atoms with Gasteiger partial charge in [0.05, 0.1) is 18.9 Å². The molecule has 0 spiro atoms. The van der Waals surface area contributed by atoms with Crippen LogP contribution in [0.15, 0.2) is 24.3 Å². The van der Waals surface area contributed by atoms with Gasteiger partial charge in [0.2, 0.25) is 0 Å². The van der Waals surface area contributed by atoms with Crippen molar-refractivity contribution >= 4 is 0 Å². The first-order valence-electron chi connectivity index (χ1n) is 7.71. The van der Waals surface area contributed by atoms with E-state index in [0.717, 1.165) is 44.1 Å². The molecule has 3 N–H and O–H groups in total. The van der Waals surface area contributed by atoms with Crippen molar-refractivity contribution < 1.29 is 9.84 Å². The van der Waals surface area contributed by atoms with E-state index in [1.165, 1.54) is 5.56 Å². The van der Waals surface area contributed by atoms with Crippen LogP contribution in [0, 0.1) is 0 Å². The Morgan fingerprint density at radius 2 is 1.75 bits per heavy atom. The van der Waals surface area contributed by atoms with Crippen molar-refractivity contribution in [1.82, 2.24) is 0 Å². The van der Waals surface area contributed by atoms with E-state index in [1.54, 1.807) is 0 Å². The molecule has 20 heavy (non-hydrogen) atoms. The maximum Gasteiger partial charge on any atom is 0.0944 e. The standard InChI is InChI=1S/C17H29NO2/c1-3-9-17(19,10-4-2)11-8-15-6-5-7-16(12-15)13-20-14-18/h5-7,12,19H,3-4,8-11,13-14,18H2,1-2H3. The number of rotatable bonds is 10. The minimum atomic E-state index is -0.507. The Morgan fingerprint density at radius 3 is 2.35 bits per heavy atom. The highest BCUT2D eigenvalue weighted by molar-refractivity contribution is 5.23. The van der Waals surface area contributed by atoms with E-state index < -0.39 is 5.60 Å². The fourth-order valence-electron chi connectivity index (χ4n) is 2.73. The molecule has 0 bridgehead atoms. The van der Waals surface area contributed by atoms with Gasteiger partial charge in [0.15, 0.2) is 0 Å². The first-order valence-corrected chi connectivity index (χ1v) is 7.71. The van der Waals surface area contributed by atoms with Crippen LogP contribution in [0.4, 0.5) is 0 Å². The predicted molar refractivity (Wildman–Crippen MR) is 83.4 cm³/mol. The lowest BCUT2D eigenvalue weighted by Gasteiger charge is -2.27. The van der Waals surface area contributed by atoms with Crippen molar-refractivity contribution in [3.63, 3.8) is 0 Å². The van der Waals surface area contributed by atoms with Gasteiger partial charge >= 0.3 is 0 Å². The molecule has 114 valence electrons. The first-order chi connectivity index (χ1) is 9.63. The van der Waals surface area contributed by atoms with E-state index in [0.29, 0.717) is 6.61 Å². The van der Waals surface area contributed by atoms with E-state index in [1.807, 2.05) is 12.1 Å². The lowest BCUT2D eigenvalue weighted by Crippen LogP contribution is -2.28. The summed E-state index contributed by atoms with van der Waals surface area (Å²) < 4.78 is 5.23. The van der Waals surface area contributed by atoms with Crippen molar-refractivity contribution in [2.24, 2.45) is 5.73 Å². The monoisotopic (exact) mass is 279 g/mol. The van der Waals surface area contributed by atoms with E-state index >= 15 is 0 Å². The summed E-state index contributed by atoms with van der Waals surface area (Å²) >= 11 is 0. The molecule has 0 atom stereocenters. The van der Waals surface area contributed by atoms with Crippen LogP contribution in [0.2, 0.25) is 0 Å². The minimum Gasteiger partial charge on any atom is -0.390 e. The van der Waals surface area contributed by atoms with E-state index in [-0.39, 0.29) is 6.73 Å². The van der Waals surface area contributed by atoms with Crippen LogP contribution >= 0.6 is 0 Å². The van der Waals surface area contributed by atoms with Gasteiger partial charge in [-0.15, -0.1) is 0 Å². The highest BCUT2D eigenvalue weighted by Gasteiger charge is 2.24. The van der Waals surface area contributed by atoms with Crippen molar-refractivity contribution in [3.8, 4) is 0 Å². The van der Waals surface area contributed by atoms with Gasteiger partial charge in [0, 0.05) is 0 Å². The summed E-state index contributed by atoms with van der Waals surface area (Å²) in [6.45, 7) is 5.06. The van der Waals surface area contributed by atoms with E-state index in [9.17, 15) is 5.11 Å². The number of aryl methyl sites for hydroxylation is 1. The smallest absolute Gasteiger partial charge is 0.0944 e. The topological polar surface area (TPSA) is 55.5 Å². The molecule has 0 amide bonds. The normalized spacial score (nSPS) is 11.8. The lowest BCUT2D eigenvalue weighted by atomic mass is 9.86. The predicted octanol–water partition coefficient (Wildman–Crippen LogP) is 3.38. The molecule has 1 aromatic rings. The fraction of sp³-hybridized carbons (Fsp3) is 0.647. The molecule has 0 saturated heterocycles. The number of aliphatic hydroxyl groups is 1. The van der Waals surface area contributed by atoms with Gasteiger partial charge in [-0.3, -0.25) is 0 Å². The molecule has 1 aromatic carbocycles. The Hall–Kier alpha value is -0.900. The second kappa shape index (κ2) is 9.11. The van der Waals surface area contributed by atoms with Crippen LogP contribution in [0.3, 0.4) is 0 Å². The van der Waals surface area contributed by atoms with Gasteiger partial charge in [-0.25, -0.2) is 0 Å². The van der Waals surface area contributed by atoms with Crippen LogP contribution in [0.25, 0.3) is 0 Å². The van der Waals surface area contributed by atoms with Crippen LogP contribution in [-0.4, -0.2) is 17.4 Å². The molecule has 0 fully saturated rings. The largest absolute Gasteiger partial charge is 0.390 e. The van der Waals surface area contributed by atoms with Gasteiger partial charge in [-0.05, 0) is 36.8 Å². The van der Waals surface area contributed by atoms with Gasteiger partial charge in [-0.2, -0.15) is 0 Å². The quantitative estimate of drug-likeness (QED) is 0.646. The molecule has 3 nitrogen and oxygen atoms in total. The average Bonchev–Trinajstić information content (AvgIpc) is 2.44. The summed E-state index contributed by atoms with van der Waals surface area (Å²) in [6, 6.07) is 8.35. The minimum absolute atomic E-state index is 0.247. The molecular formula is C17H29NO2. The molecule has 0 aliphatic heterocycles. The molecule has 3 heteroatoms. The van der Waals surface area contributed by atoms with E-state index in [4.69, 9.17) is 10.5 Å². The van der Waals surface area contributed by atoms with Gasteiger partial charge in [0.1, 0.15) is 0 Å². The zero-order valence-electron chi connectivity index (χ0n) is 12.9. The summed E-state index contributed by atoms with van der Waals surface area (Å²) in [4.78, 5) is 0. The lowest BCUT2D eigenvalue weighted by molar-refractivity contribution is 0.0132. The molecule has 0 radical (unpaired) electrons. The molecule has 0 saturated carbocycles. The molecule has 0 aliphatic rings. The second-order valence-electron chi connectivity index (χ2n) is 5.56. The van der Waals surface area contributed by atoms with Crippen LogP contribution < -0.4 is 5.73 Å². The summed E-state index contributed by atoms with van der Waals surface area (Å²) in [5.41, 5.74) is 7.23. The Balaban J connectivity index is 2.58. The van der Waals surface area contributed by atoms with Gasteiger partial charge in [-0.1, -0.05) is 51.0 Å².